The summed E-state index contributed by atoms with van der Waals surface area (Å²) in [5.41, 5.74) is 0.821. The van der Waals surface area contributed by atoms with Crippen molar-refractivity contribution in [3.8, 4) is 11.5 Å². The van der Waals surface area contributed by atoms with Gasteiger partial charge in [-0.2, -0.15) is 0 Å². The fraction of sp³-hybridized carbons (Fsp3) is 0.444. The van der Waals surface area contributed by atoms with Gasteiger partial charge in [0.25, 0.3) is 5.91 Å². The first-order valence-electron chi connectivity index (χ1n) is 8.21. The Morgan fingerprint density at radius 2 is 2.08 bits per heavy atom. The van der Waals surface area contributed by atoms with Gasteiger partial charge < -0.3 is 9.84 Å². The smallest absolute Gasteiger partial charge is 0.266 e. The summed E-state index contributed by atoms with van der Waals surface area (Å²) in [6, 6.07) is 5.33. The Hall–Kier alpha value is -1.95. The van der Waals surface area contributed by atoms with Crippen LogP contribution in [0.15, 0.2) is 28.1 Å². The molecule has 1 aliphatic heterocycles. The molecule has 0 aromatic heterocycles. The van der Waals surface area contributed by atoms with Gasteiger partial charge in [0.05, 0.1) is 12.0 Å². The molecule has 24 heavy (non-hydrogen) atoms. The summed E-state index contributed by atoms with van der Waals surface area (Å²) in [4.78, 5) is 19.7. The van der Waals surface area contributed by atoms with E-state index in [-0.39, 0.29) is 17.7 Å². The first-order chi connectivity index (χ1) is 11.6. The molecular formula is C18H22N2O3S. The number of carbonyl (C=O) groups excluding carboxylic acids is 1. The van der Waals surface area contributed by atoms with Crippen molar-refractivity contribution in [2.24, 2.45) is 4.99 Å². The number of amidine groups is 1. The van der Waals surface area contributed by atoms with Crippen LogP contribution in [0.3, 0.4) is 0 Å². The Kier molecular flexibility index (Phi) is 5.14. The molecule has 1 aliphatic carbocycles. The number of rotatable bonds is 3. The van der Waals surface area contributed by atoms with E-state index in [0.717, 1.165) is 23.6 Å². The summed E-state index contributed by atoms with van der Waals surface area (Å²) < 4.78 is 5.13. The second-order valence-electron chi connectivity index (χ2n) is 6.02. The number of nitrogens with zero attached hydrogens (tertiary/aromatic N) is 2. The minimum absolute atomic E-state index is 0.0274. The Labute approximate surface area is 146 Å². The van der Waals surface area contributed by atoms with Gasteiger partial charge in [-0.25, -0.2) is 0 Å². The lowest BCUT2D eigenvalue weighted by atomic mass is 9.94. The van der Waals surface area contributed by atoms with Crippen LogP contribution < -0.4 is 4.74 Å². The summed E-state index contributed by atoms with van der Waals surface area (Å²) in [6.07, 6.45) is 7.52. The van der Waals surface area contributed by atoms with E-state index in [1.165, 1.54) is 38.1 Å². The molecule has 1 heterocycles. The van der Waals surface area contributed by atoms with Crippen molar-refractivity contribution in [3.63, 3.8) is 0 Å². The maximum absolute atomic E-state index is 12.9. The van der Waals surface area contributed by atoms with Crippen molar-refractivity contribution in [3.05, 3.63) is 28.7 Å². The number of hydrogen-bond acceptors (Lipinski definition) is 5. The van der Waals surface area contributed by atoms with Crippen molar-refractivity contribution < 1.29 is 14.6 Å². The van der Waals surface area contributed by atoms with E-state index in [0.29, 0.717) is 10.7 Å². The molecule has 0 unspecified atom stereocenters. The van der Waals surface area contributed by atoms with Crippen LogP contribution in [0.1, 0.15) is 37.7 Å². The molecule has 5 nitrogen and oxygen atoms in total. The molecule has 1 amide bonds. The van der Waals surface area contributed by atoms with E-state index in [1.807, 2.05) is 11.0 Å². The van der Waals surface area contributed by atoms with E-state index in [1.54, 1.807) is 25.2 Å². The summed E-state index contributed by atoms with van der Waals surface area (Å²) in [5, 5.41) is 10.5. The third-order valence-corrected chi connectivity index (χ3v) is 5.54. The molecule has 2 fully saturated rings. The average Bonchev–Trinajstić information content (AvgIpc) is 2.93. The number of carbonyl (C=O) groups is 1. The zero-order valence-corrected chi connectivity index (χ0v) is 14.8. The highest BCUT2D eigenvalue weighted by atomic mass is 32.2. The Morgan fingerprint density at radius 3 is 2.75 bits per heavy atom. The van der Waals surface area contributed by atoms with Crippen LogP contribution in [-0.2, 0) is 4.79 Å². The quantitative estimate of drug-likeness (QED) is 0.849. The summed E-state index contributed by atoms with van der Waals surface area (Å²) in [5.74, 6) is 0.512. The van der Waals surface area contributed by atoms with Gasteiger partial charge in [-0.15, -0.1) is 0 Å². The maximum atomic E-state index is 12.9. The van der Waals surface area contributed by atoms with E-state index < -0.39 is 0 Å². The van der Waals surface area contributed by atoms with Gasteiger partial charge in [0.15, 0.2) is 16.7 Å². The van der Waals surface area contributed by atoms with Gasteiger partial charge in [0.2, 0.25) is 0 Å². The Balaban J connectivity index is 1.88. The van der Waals surface area contributed by atoms with Crippen LogP contribution in [0.4, 0.5) is 0 Å². The van der Waals surface area contributed by atoms with Crippen molar-refractivity contribution in [2.45, 2.75) is 38.1 Å². The number of phenolic OH excluding ortho intramolecular Hbond substituents is 1. The summed E-state index contributed by atoms with van der Waals surface area (Å²) in [6.45, 7) is 0. The standard InChI is InChI=1S/C18H22N2O3S/c1-19-18-20(13-6-4-3-5-7-13)17(22)16(24-18)11-12-8-9-14(21)15(10-12)23-2/h8-11,13,21H,3-7H2,1-2H3. The molecule has 2 aliphatic rings. The molecule has 3 rings (SSSR count). The van der Waals surface area contributed by atoms with E-state index in [4.69, 9.17) is 4.74 Å². The molecule has 1 N–H and O–H groups in total. The second kappa shape index (κ2) is 7.30. The third kappa shape index (κ3) is 3.29. The highest BCUT2D eigenvalue weighted by molar-refractivity contribution is 8.18. The number of phenols is 1. The second-order valence-corrected chi connectivity index (χ2v) is 7.02. The molecule has 0 radical (unpaired) electrons. The number of aromatic hydroxyl groups is 1. The van der Waals surface area contributed by atoms with E-state index in [9.17, 15) is 9.90 Å². The van der Waals surface area contributed by atoms with Crippen molar-refractivity contribution in [1.82, 2.24) is 4.90 Å². The molecule has 1 aromatic rings. The minimum atomic E-state index is 0.0274. The zero-order valence-electron chi connectivity index (χ0n) is 14.0. The molecule has 128 valence electrons. The highest BCUT2D eigenvalue weighted by Gasteiger charge is 2.38. The van der Waals surface area contributed by atoms with Crippen LogP contribution in [0.25, 0.3) is 6.08 Å². The molecular weight excluding hydrogens is 324 g/mol. The van der Waals surface area contributed by atoms with E-state index in [2.05, 4.69) is 4.99 Å². The molecule has 1 saturated heterocycles. The monoisotopic (exact) mass is 346 g/mol. The number of thioether (sulfide) groups is 1. The Bertz CT molecular complexity index is 694. The lowest BCUT2D eigenvalue weighted by molar-refractivity contribution is -0.124. The predicted molar refractivity (Wildman–Crippen MR) is 97.3 cm³/mol. The van der Waals surface area contributed by atoms with Crippen molar-refractivity contribution >= 4 is 28.9 Å². The predicted octanol–water partition coefficient (Wildman–Crippen LogP) is 3.64. The number of hydrogen-bond donors (Lipinski definition) is 1. The molecule has 0 atom stereocenters. The normalized spacial score (nSPS) is 22.6. The molecule has 0 spiro atoms. The highest BCUT2D eigenvalue weighted by Crippen LogP contribution is 2.38. The minimum Gasteiger partial charge on any atom is -0.504 e. The number of ether oxygens (including phenoxy) is 1. The summed E-state index contributed by atoms with van der Waals surface area (Å²) >= 11 is 1.42. The first-order valence-corrected chi connectivity index (χ1v) is 9.02. The molecule has 1 saturated carbocycles. The number of methoxy groups -OCH3 is 1. The fourth-order valence-electron chi connectivity index (χ4n) is 3.24. The third-order valence-electron chi connectivity index (χ3n) is 4.47. The average molecular weight is 346 g/mol. The summed E-state index contributed by atoms with van der Waals surface area (Å²) in [7, 11) is 3.24. The van der Waals surface area contributed by atoms with Crippen LogP contribution in [0.2, 0.25) is 0 Å². The van der Waals surface area contributed by atoms with Gasteiger partial charge in [0, 0.05) is 13.1 Å². The van der Waals surface area contributed by atoms with Gasteiger partial charge in [-0.3, -0.25) is 14.7 Å². The first kappa shape index (κ1) is 16.9. The maximum Gasteiger partial charge on any atom is 0.266 e. The van der Waals surface area contributed by atoms with Crippen molar-refractivity contribution in [1.29, 1.82) is 0 Å². The topological polar surface area (TPSA) is 62.1 Å². The number of amides is 1. The molecule has 1 aromatic carbocycles. The van der Waals surface area contributed by atoms with Crippen LogP contribution in [0.5, 0.6) is 11.5 Å². The van der Waals surface area contributed by atoms with Crippen molar-refractivity contribution in [2.75, 3.05) is 14.2 Å². The largest absolute Gasteiger partial charge is 0.504 e. The van der Waals surface area contributed by atoms with Crippen LogP contribution in [0, 0.1) is 0 Å². The fourth-order valence-corrected chi connectivity index (χ4v) is 4.24. The van der Waals surface area contributed by atoms with E-state index >= 15 is 0 Å². The van der Waals surface area contributed by atoms with Crippen LogP contribution in [-0.4, -0.2) is 41.3 Å². The lowest BCUT2D eigenvalue weighted by Crippen LogP contribution is -2.40. The van der Waals surface area contributed by atoms with Gasteiger partial charge in [-0.1, -0.05) is 25.3 Å². The molecule has 6 heteroatoms. The Morgan fingerprint density at radius 1 is 1.33 bits per heavy atom. The number of aliphatic imine (C=N–C) groups is 1. The SMILES string of the molecule is CN=C1SC(=Cc2ccc(O)c(OC)c2)C(=O)N1C1CCCCC1. The lowest BCUT2D eigenvalue weighted by Gasteiger charge is -2.30. The van der Waals surface area contributed by atoms with Gasteiger partial charge in [-0.05, 0) is 48.4 Å². The number of benzene rings is 1. The zero-order chi connectivity index (χ0) is 17.1. The van der Waals surface area contributed by atoms with Gasteiger partial charge in [0.1, 0.15) is 0 Å². The molecule has 0 bridgehead atoms. The van der Waals surface area contributed by atoms with Crippen LogP contribution >= 0.6 is 11.8 Å². The van der Waals surface area contributed by atoms with Gasteiger partial charge >= 0.3 is 0 Å².